The van der Waals surface area contributed by atoms with Gasteiger partial charge in [0.25, 0.3) is 0 Å². The molecule has 2 aromatic carbocycles. The summed E-state index contributed by atoms with van der Waals surface area (Å²) in [6, 6.07) is 15.9. The fourth-order valence-corrected chi connectivity index (χ4v) is 4.35. The Kier molecular flexibility index (Phi) is 9.17. The number of benzene rings is 2. The minimum Gasteiger partial charge on any atom is -0.350 e. The molecule has 31 heavy (non-hydrogen) atoms. The van der Waals surface area contributed by atoms with Crippen LogP contribution in [0.5, 0.6) is 0 Å². The van der Waals surface area contributed by atoms with Gasteiger partial charge in [-0.05, 0) is 57.7 Å². The first-order valence-corrected chi connectivity index (χ1v) is 12.1. The number of hydrogen-bond acceptors (Lipinski definition) is 3. The summed E-state index contributed by atoms with van der Waals surface area (Å²) in [4.78, 5) is 28.0. The minimum atomic E-state index is -0.493. The normalized spacial score (nSPS) is 12.3. The van der Waals surface area contributed by atoms with Gasteiger partial charge in [-0.15, -0.1) is 11.8 Å². The highest BCUT2D eigenvalue weighted by Crippen LogP contribution is 2.19. The van der Waals surface area contributed by atoms with Crippen molar-refractivity contribution in [1.29, 1.82) is 0 Å². The molecule has 0 heterocycles. The average molecular weight is 441 g/mol. The molecule has 0 radical (unpaired) electrons. The second-order valence-electron chi connectivity index (χ2n) is 9.09. The topological polar surface area (TPSA) is 49.4 Å². The molecule has 0 saturated carbocycles. The van der Waals surface area contributed by atoms with Gasteiger partial charge in [0.15, 0.2) is 0 Å². The van der Waals surface area contributed by atoms with Gasteiger partial charge in [-0.25, -0.2) is 0 Å². The molecule has 0 aliphatic rings. The van der Waals surface area contributed by atoms with Crippen LogP contribution in [0.15, 0.2) is 48.5 Å². The molecule has 1 unspecified atom stereocenters. The van der Waals surface area contributed by atoms with Crippen LogP contribution in [0.4, 0.5) is 0 Å². The lowest BCUT2D eigenvalue weighted by Crippen LogP contribution is -2.53. The molecule has 0 aromatic heterocycles. The zero-order valence-corrected chi connectivity index (χ0v) is 20.5. The van der Waals surface area contributed by atoms with E-state index in [1.165, 1.54) is 16.7 Å². The maximum Gasteiger partial charge on any atom is 0.243 e. The molecule has 2 amide bonds. The average Bonchev–Trinajstić information content (AvgIpc) is 2.69. The van der Waals surface area contributed by atoms with E-state index >= 15 is 0 Å². The lowest BCUT2D eigenvalue weighted by atomic mass is 10.1. The van der Waals surface area contributed by atoms with Crippen molar-refractivity contribution in [2.75, 3.05) is 5.75 Å². The maximum absolute atomic E-state index is 13.3. The van der Waals surface area contributed by atoms with Crippen molar-refractivity contribution in [1.82, 2.24) is 10.2 Å². The highest BCUT2D eigenvalue weighted by molar-refractivity contribution is 7.99. The molecular formula is C26H36N2O2S. The molecule has 168 valence electrons. The van der Waals surface area contributed by atoms with Crippen LogP contribution in [0.3, 0.4) is 0 Å². The second-order valence-corrected chi connectivity index (χ2v) is 10.1. The van der Waals surface area contributed by atoms with Crippen LogP contribution in [-0.4, -0.2) is 34.0 Å². The zero-order chi connectivity index (χ0) is 23.0. The van der Waals surface area contributed by atoms with Gasteiger partial charge in [-0.1, -0.05) is 61.0 Å². The predicted molar refractivity (Wildman–Crippen MR) is 131 cm³/mol. The third-order valence-corrected chi connectivity index (χ3v) is 6.07. The third-order valence-electron chi connectivity index (χ3n) is 5.10. The molecule has 0 bridgehead atoms. The number of carbonyl (C=O) groups excluding carboxylic acids is 2. The Morgan fingerprint density at radius 2 is 1.68 bits per heavy atom. The minimum absolute atomic E-state index is 0.00457. The van der Waals surface area contributed by atoms with Gasteiger partial charge >= 0.3 is 0 Å². The van der Waals surface area contributed by atoms with Gasteiger partial charge in [-0.2, -0.15) is 0 Å². The fraction of sp³-hybridized carbons (Fsp3) is 0.462. The third kappa shape index (κ3) is 8.06. The van der Waals surface area contributed by atoms with Gasteiger partial charge in [0.1, 0.15) is 6.04 Å². The summed E-state index contributed by atoms with van der Waals surface area (Å²) < 4.78 is 0. The molecule has 1 atom stereocenters. The summed E-state index contributed by atoms with van der Waals surface area (Å²) in [5, 5.41) is 3.05. The van der Waals surface area contributed by atoms with E-state index in [0.717, 1.165) is 11.3 Å². The van der Waals surface area contributed by atoms with Crippen molar-refractivity contribution in [2.24, 2.45) is 0 Å². The molecule has 0 aliphatic heterocycles. The Hall–Kier alpha value is -2.27. The summed E-state index contributed by atoms with van der Waals surface area (Å²) in [6.07, 6.45) is 0.571. The van der Waals surface area contributed by atoms with Crippen LogP contribution in [0.25, 0.3) is 0 Å². The number of nitrogens with zero attached hydrogens (tertiary/aromatic N) is 1. The summed E-state index contributed by atoms with van der Waals surface area (Å²) in [7, 11) is 0. The standard InChI is InChI=1S/C26H36N2O2S/c1-7-23(25(30)27-26(4,5)6)28(16-21-14-12-19(2)13-15-21)24(29)18-31-17-22-11-9-8-10-20(22)3/h8-15,23H,7,16-18H2,1-6H3,(H,27,30). The van der Waals surface area contributed by atoms with Crippen LogP contribution in [0.2, 0.25) is 0 Å². The molecule has 0 fully saturated rings. The summed E-state index contributed by atoms with van der Waals surface area (Å²) in [5.41, 5.74) is 4.33. The smallest absolute Gasteiger partial charge is 0.243 e. The summed E-state index contributed by atoms with van der Waals surface area (Å²) in [6.45, 7) is 12.4. The molecule has 0 saturated heterocycles. The summed E-state index contributed by atoms with van der Waals surface area (Å²) in [5.74, 6) is 1.02. The van der Waals surface area contributed by atoms with E-state index in [1.807, 2.05) is 71.0 Å². The first-order valence-electron chi connectivity index (χ1n) is 10.9. The van der Waals surface area contributed by atoms with Crippen molar-refractivity contribution in [3.05, 3.63) is 70.8 Å². The zero-order valence-electron chi connectivity index (χ0n) is 19.7. The number of thioether (sulfide) groups is 1. The molecule has 2 aromatic rings. The van der Waals surface area contributed by atoms with Gasteiger partial charge in [-0.3, -0.25) is 9.59 Å². The summed E-state index contributed by atoms with van der Waals surface area (Å²) >= 11 is 1.60. The number of carbonyl (C=O) groups is 2. The Labute approximate surface area is 191 Å². The Morgan fingerprint density at radius 3 is 2.26 bits per heavy atom. The highest BCUT2D eigenvalue weighted by atomic mass is 32.2. The van der Waals surface area contributed by atoms with E-state index in [9.17, 15) is 9.59 Å². The second kappa shape index (κ2) is 11.4. The first-order chi connectivity index (χ1) is 14.6. The van der Waals surface area contributed by atoms with E-state index in [4.69, 9.17) is 0 Å². The van der Waals surface area contributed by atoms with E-state index in [1.54, 1.807) is 16.7 Å². The van der Waals surface area contributed by atoms with Crippen molar-refractivity contribution in [3.8, 4) is 0 Å². The molecule has 5 heteroatoms. The van der Waals surface area contributed by atoms with E-state index in [-0.39, 0.29) is 17.4 Å². The van der Waals surface area contributed by atoms with Crippen LogP contribution in [0.1, 0.15) is 56.4 Å². The van der Waals surface area contributed by atoms with Crippen molar-refractivity contribution < 1.29 is 9.59 Å². The molecule has 1 N–H and O–H groups in total. The Bertz CT molecular complexity index is 872. The van der Waals surface area contributed by atoms with Crippen LogP contribution < -0.4 is 5.32 Å². The SMILES string of the molecule is CCC(C(=O)NC(C)(C)C)N(Cc1ccc(C)cc1)C(=O)CSCc1ccccc1C. The van der Waals surface area contributed by atoms with E-state index in [2.05, 4.69) is 24.4 Å². The van der Waals surface area contributed by atoms with Crippen LogP contribution in [-0.2, 0) is 21.9 Å². The van der Waals surface area contributed by atoms with E-state index < -0.39 is 6.04 Å². The Balaban J connectivity index is 2.16. The number of hydrogen-bond donors (Lipinski definition) is 1. The molecule has 4 nitrogen and oxygen atoms in total. The van der Waals surface area contributed by atoms with Crippen molar-refractivity contribution >= 4 is 23.6 Å². The number of nitrogens with one attached hydrogen (secondary N) is 1. The van der Waals surface area contributed by atoms with Gasteiger partial charge in [0.2, 0.25) is 11.8 Å². The quantitative estimate of drug-likeness (QED) is 0.579. The largest absolute Gasteiger partial charge is 0.350 e. The number of aryl methyl sites for hydroxylation is 2. The molecule has 0 spiro atoms. The van der Waals surface area contributed by atoms with Crippen LogP contribution in [0, 0.1) is 13.8 Å². The lowest BCUT2D eigenvalue weighted by molar-refractivity contribution is -0.140. The lowest BCUT2D eigenvalue weighted by Gasteiger charge is -2.33. The highest BCUT2D eigenvalue weighted by Gasteiger charge is 2.30. The van der Waals surface area contributed by atoms with Crippen molar-refractivity contribution in [2.45, 2.75) is 71.8 Å². The van der Waals surface area contributed by atoms with E-state index in [0.29, 0.717) is 18.7 Å². The number of rotatable bonds is 9. The Morgan fingerprint density at radius 1 is 1.03 bits per heavy atom. The molecule has 2 rings (SSSR count). The van der Waals surface area contributed by atoms with Gasteiger partial charge in [0, 0.05) is 17.8 Å². The number of amides is 2. The first kappa shape index (κ1) is 25.0. The maximum atomic E-state index is 13.3. The van der Waals surface area contributed by atoms with Crippen molar-refractivity contribution in [3.63, 3.8) is 0 Å². The molecular weight excluding hydrogens is 404 g/mol. The van der Waals surface area contributed by atoms with Gasteiger partial charge < -0.3 is 10.2 Å². The predicted octanol–water partition coefficient (Wildman–Crippen LogP) is 5.26. The molecule has 0 aliphatic carbocycles. The van der Waals surface area contributed by atoms with Gasteiger partial charge in [0.05, 0.1) is 5.75 Å². The van der Waals surface area contributed by atoms with Crippen LogP contribution >= 0.6 is 11.8 Å². The fourth-order valence-electron chi connectivity index (χ4n) is 3.37. The monoisotopic (exact) mass is 440 g/mol.